The standard InChI is InChI=1S/C12H24N2O/c1-9(13)8-11(15)14-7-5-6-10(14)12(2,3)4/h9-10H,5-8,13H2,1-4H3. The molecule has 3 heteroatoms. The summed E-state index contributed by atoms with van der Waals surface area (Å²) in [5.74, 6) is 0.224. The van der Waals surface area contributed by atoms with Crippen LogP contribution in [-0.4, -0.2) is 29.4 Å². The maximum absolute atomic E-state index is 12.0. The van der Waals surface area contributed by atoms with Crippen molar-refractivity contribution in [3.05, 3.63) is 0 Å². The van der Waals surface area contributed by atoms with Crippen LogP contribution >= 0.6 is 0 Å². The lowest BCUT2D eigenvalue weighted by Gasteiger charge is -2.35. The highest BCUT2D eigenvalue weighted by Gasteiger charge is 2.36. The first-order valence-corrected chi connectivity index (χ1v) is 5.87. The van der Waals surface area contributed by atoms with E-state index in [0.717, 1.165) is 19.4 Å². The number of rotatable bonds is 2. The topological polar surface area (TPSA) is 46.3 Å². The van der Waals surface area contributed by atoms with Crippen molar-refractivity contribution >= 4 is 5.91 Å². The van der Waals surface area contributed by atoms with Crippen molar-refractivity contribution in [2.45, 2.75) is 59.0 Å². The van der Waals surface area contributed by atoms with Gasteiger partial charge in [-0.05, 0) is 25.2 Å². The van der Waals surface area contributed by atoms with E-state index in [0.29, 0.717) is 12.5 Å². The number of nitrogens with two attached hydrogens (primary N) is 1. The molecule has 2 unspecified atom stereocenters. The van der Waals surface area contributed by atoms with Gasteiger partial charge in [-0.15, -0.1) is 0 Å². The van der Waals surface area contributed by atoms with E-state index in [4.69, 9.17) is 5.73 Å². The second-order valence-corrected chi connectivity index (χ2v) is 5.79. The average Bonchev–Trinajstić information content (AvgIpc) is 2.48. The van der Waals surface area contributed by atoms with Gasteiger partial charge >= 0.3 is 0 Å². The summed E-state index contributed by atoms with van der Waals surface area (Å²) < 4.78 is 0. The molecule has 0 bridgehead atoms. The van der Waals surface area contributed by atoms with Crippen LogP contribution < -0.4 is 5.73 Å². The Hall–Kier alpha value is -0.570. The Bertz CT molecular complexity index is 230. The monoisotopic (exact) mass is 212 g/mol. The fourth-order valence-corrected chi connectivity index (χ4v) is 2.36. The van der Waals surface area contributed by atoms with Crippen LogP contribution in [0, 0.1) is 5.41 Å². The van der Waals surface area contributed by atoms with Gasteiger partial charge in [-0.25, -0.2) is 0 Å². The molecule has 88 valence electrons. The molecule has 0 aliphatic carbocycles. The lowest BCUT2D eigenvalue weighted by molar-refractivity contribution is -0.134. The fourth-order valence-electron chi connectivity index (χ4n) is 2.36. The zero-order valence-electron chi connectivity index (χ0n) is 10.4. The third-order valence-electron chi connectivity index (χ3n) is 3.07. The Kier molecular flexibility index (Phi) is 3.77. The first-order valence-electron chi connectivity index (χ1n) is 5.87. The van der Waals surface area contributed by atoms with Crippen LogP contribution in [-0.2, 0) is 4.79 Å². The van der Waals surface area contributed by atoms with Crippen LogP contribution in [0.25, 0.3) is 0 Å². The van der Waals surface area contributed by atoms with Crippen LogP contribution in [0.3, 0.4) is 0 Å². The fraction of sp³-hybridized carbons (Fsp3) is 0.917. The molecule has 1 aliphatic heterocycles. The summed E-state index contributed by atoms with van der Waals surface area (Å²) in [6, 6.07) is 0.363. The molecular formula is C12H24N2O. The molecule has 1 fully saturated rings. The van der Waals surface area contributed by atoms with Gasteiger partial charge in [-0.1, -0.05) is 20.8 Å². The second kappa shape index (κ2) is 4.52. The number of carbonyl (C=O) groups excluding carboxylic acids is 1. The van der Waals surface area contributed by atoms with E-state index in [1.54, 1.807) is 0 Å². The summed E-state index contributed by atoms with van der Waals surface area (Å²) >= 11 is 0. The number of hydrogen-bond donors (Lipinski definition) is 1. The average molecular weight is 212 g/mol. The SMILES string of the molecule is CC(N)CC(=O)N1CCCC1C(C)(C)C. The van der Waals surface area contributed by atoms with E-state index in [1.165, 1.54) is 0 Å². The number of likely N-dealkylation sites (tertiary alicyclic amines) is 1. The van der Waals surface area contributed by atoms with Crippen LogP contribution in [0.2, 0.25) is 0 Å². The van der Waals surface area contributed by atoms with Crippen molar-refractivity contribution in [2.75, 3.05) is 6.54 Å². The third kappa shape index (κ3) is 3.20. The van der Waals surface area contributed by atoms with Gasteiger partial charge in [0, 0.05) is 25.0 Å². The smallest absolute Gasteiger partial charge is 0.224 e. The molecule has 2 atom stereocenters. The highest BCUT2D eigenvalue weighted by Crippen LogP contribution is 2.32. The van der Waals surface area contributed by atoms with Crippen molar-refractivity contribution < 1.29 is 4.79 Å². The van der Waals surface area contributed by atoms with Gasteiger partial charge in [-0.2, -0.15) is 0 Å². The predicted octanol–water partition coefficient (Wildman–Crippen LogP) is 1.76. The first kappa shape index (κ1) is 12.5. The first-order chi connectivity index (χ1) is 6.82. The molecule has 3 nitrogen and oxygen atoms in total. The number of amides is 1. The summed E-state index contributed by atoms with van der Waals surface area (Å²) in [5, 5.41) is 0. The van der Waals surface area contributed by atoms with Crippen molar-refractivity contribution in [1.29, 1.82) is 0 Å². The normalized spacial score (nSPS) is 24.3. The highest BCUT2D eigenvalue weighted by atomic mass is 16.2. The van der Waals surface area contributed by atoms with E-state index in [-0.39, 0.29) is 17.4 Å². The summed E-state index contributed by atoms with van der Waals surface area (Å²) in [6.45, 7) is 9.41. The van der Waals surface area contributed by atoms with Gasteiger partial charge < -0.3 is 10.6 Å². The van der Waals surface area contributed by atoms with Gasteiger partial charge in [0.25, 0.3) is 0 Å². The van der Waals surface area contributed by atoms with E-state index in [2.05, 4.69) is 20.8 Å². The van der Waals surface area contributed by atoms with Crippen LogP contribution in [0.1, 0.15) is 47.0 Å². The molecule has 1 aliphatic rings. The zero-order valence-corrected chi connectivity index (χ0v) is 10.4. The molecule has 0 radical (unpaired) electrons. The zero-order chi connectivity index (χ0) is 11.6. The Balaban J connectivity index is 2.64. The lowest BCUT2D eigenvalue weighted by atomic mass is 9.85. The lowest BCUT2D eigenvalue weighted by Crippen LogP contribution is -2.44. The summed E-state index contributed by atoms with van der Waals surface area (Å²) in [5.41, 5.74) is 5.85. The van der Waals surface area contributed by atoms with E-state index in [9.17, 15) is 4.79 Å². The Morgan fingerprint density at radius 3 is 2.60 bits per heavy atom. The molecule has 0 aromatic heterocycles. The van der Waals surface area contributed by atoms with Crippen molar-refractivity contribution in [2.24, 2.45) is 11.1 Å². The highest BCUT2D eigenvalue weighted by molar-refractivity contribution is 5.77. The van der Waals surface area contributed by atoms with Crippen molar-refractivity contribution in [3.8, 4) is 0 Å². The number of carbonyl (C=O) groups is 1. The van der Waals surface area contributed by atoms with Crippen molar-refractivity contribution in [3.63, 3.8) is 0 Å². The van der Waals surface area contributed by atoms with Gasteiger partial charge in [0.1, 0.15) is 0 Å². The van der Waals surface area contributed by atoms with Gasteiger partial charge in [-0.3, -0.25) is 4.79 Å². The van der Waals surface area contributed by atoms with Crippen LogP contribution in [0.4, 0.5) is 0 Å². The largest absolute Gasteiger partial charge is 0.339 e. The van der Waals surface area contributed by atoms with E-state index in [1.807, 2.05) is 11.8 Å². The molecule has 0 aromatic carbocycles. The maximum Gasteiger partial charge on any atom is 0.224 e. The molecule has 0 spiro atoms. The minimum absolute atomic E-state index is 0.0290. The summed E-state index contributed by atoms with van der Waals surface area (Å²) in [4.78, 5) is 14.0. The molecule has 1 amide bonds. The molecule has 1 heterocycles. The number of hydrogen-bond acceptors (Lipinski definition) is 2. The Morgan fingerprint density at radius 1 is 1.53 bits per heavy atom. The van der Waals surface area contributed by atoms with Crippen LogP contribution in [0.5, 0.6) is 0 Å². The molecule has 2 N–H and O–H groups in total. The number of nitrogens with zero attached hydrogens (tertiary/aromatic N) is 1. The molecule has 0 saturated carbocycles. The molecule has 1 rings (SSSR count). The van der Waals surface area contributed by atoms with Crippen molar-refractivity contribution in [1.82, 2.24) is 4.90 Å². The molecule has 15 heavy (non-hydrogen) atoms. The molecular weight excluding hydrogens is 188 g/mol. The molecule has 1 saturated heterocycles. The van der Waals surface area contributed by atoms with Crippen LogP contribution in [0.15, 0.2) is 0 Å². The van der Waals surface area contributed by atoms with Gasteiger partial charge in [0.2, 0.25) is 5.91 Å². The van der Waals surface area contributed by atoms with E-state index < -0.39 is 0 Å². The Morgan fingerprint density at radius 2 is 2.13 bits per heavy atom. The van der Waals surface area contributed by atoms with Gasteiger partial charge in [0.15, 0.2) is 0 Å². The quantitative estimate of drug-likeness (QED) is 0.758. The third-order valence-corrected chi connectivity index (χ3v) is 3.07. The summed E-state index contributed by atoms with van der Waals surface area (Å²) in [6.07, 6.45) is 2.74. The molecule has 0 aromatic rings. The van der Waals surface area contributed by atoms with E-state index >= 15 is 0 Å². The predicted molar refractivity (Wildman–Crippen MR) is 62.5 cm³/mol. The second-order valence-electron chi connectivity index (χ2n) is 5.79. The Labute approximate surface area is 93.0 Å². The minimum Gasteiger partial charge on any atom is -0.339 e. The summed E-state index contributed by atoms with van der Waals surface area (Å²) in [7, 11) is 0. The maximum atomic E-state index is 12.0. The van der Waals surface area contributed by atoms with Gasteiger partial charge in [0.05, 0.1) is 0 Å². The minimum atomic E-state index is -0.0290.